The van der Waals surface area contributed by atoms with Gasteiger partial charge < -0.3 is 10.4 Å². The lowest BCUT2D eigenvalue weighted by Gasteiger charge is -2.15. The number of hydrogen-bond donors (Lipinski definition) is 2. The maximum Gasteiger partial charge on any atom is 0.271 e. The van der Waals surface area contributed by atoms with Crippen molar-refractivity contribution in [2.75, 3.05) is 0 Å². The number of carbonyl (C=O) groups excluding carboxylic acids is 1. The molecule has 0 unspecified atom stereocenters. The van der Waals surface area contributed by atoms with E-state index in [9.17, 15) is 9.18 Å². The summed E-state index contributed by atoms with van der Waals surface area (Å²) in [5.41, 5.74) is 1.35. The van der Waals surface area contributed by atoms with Crippen LogP contribution < -0.4 is 5.32 Å². The van der Waals surface area contributed by atoms with Gasteiger partial charge in [-0.3, -0.25) is 9.48 Å². The summed E-state index contributed by atoms with van der Waals surface area (Å²) in [5.74, 6) is -1.56. The zero-order valence-electron chi connectivity index (χ0n) is 11.8. The van der Waals surface area contributed by atoms with Gasteiger partial charge in [0, 0.05) is 7.05 Å². The van der Waals surface area contributed by atoms with Crippen LogP contribution in [-0.4, -0.2) is 20.8 Å². The highest BCUT2D eigenvalue weighted by molar-refractivity contribution is 6.34. The van der Waals surface area contributed by atoms with Gasteiger partial charge in [-0.05, 0) is 31.5 Å². The Morgan fingerprint density at radius 2 is 2.19 bits per heavy atom. The molecule has 1 aromatic heterocycles. The summed E-state index contributed by atoms with van der Waals surface area (Å²) in [7, 11) is 1.62. The molecule has 2 rings (SSSR count). The van der Waals surface area contributed by atoms with Crippen molar-refractivity contribution in [3.63, 3.8) is 0 Å². The molecule has 0 radical (unpaired) electrons. The van der Waals surface area contributed by atoms with Crippen LogP contribution in [0.25, 0.3) is 0 Å². The van der Waals surface area contributed by atoms with Gasteiger partial charge in [-0.15, -0.1) is 0 Å². The van der Waals surface area contributed by atoms with Gasteiger partial charge in [-0.25, -0.2) is 4.39 Å². The summed E-state index contributed by atoms with van der Waals surface area (Å²) in [6.07, 6.45) is 0. The van der Waals surface area contributed by atoms with E-state index in [0.29, 0.717) is 16.3 Å². The Labute approximate surface area is 126 Å². The minimum absolute atomic E-state index is 0.250. The number of aromatic nitrogens is 2. The minimum Gasteiger partial charge on any atom is -0.505 e. The van der Waals surface area contributed by atoms with Gasteiger partial charge in [0.1, 0.15) is 5.69 Å². The average Bonchev–Trinajstić information content (AvgIpc) is 2.66. The van der Waals surface area contributed by atoms with Crippen molar-refractivity contribution in [2.24, 2.45) is 7.05 Å². The third-order valence-corrected chi connectivity index (χ3v) is 3.64. The second-order valence-electron chi connectivity index (χ2n) is 4.78. The number of aryl methyl sites for hydroxylation is 2. The molecule has 1 amide bonds. The lowest BCUT2D eigenvalue weighted by Crippen LogP contribution is -2.28. The Hall–Kier alpha value is -2.08. The van der Waals surface area contributed by atoms with Gasteiger partial charge in [0.25, 0.3) is 5.91 Å². The van der Waals surface area contributed by atoms with Gasteiger partial charge in [-0.2, -0.15) is 5.10 Å². The lowest BCUT2D eigenvalue weighted by atomic mass is 10.1. The van der Waals surface area contributed by atoms with E-state index in [0.717, 1.165) is 0 Å². The van der Waals surface area contributed by atoms with E-state index < -0.39 is 23.5 Å². The van der Waals surface area contributed by atoms with Crippen LogP contribution in [0.3, 0.4) is 0 Å². The van der Waals surface area contributed by atoms with E-state index in [1.165, 1.54) is 16.8 Å². The largest absolute Gasteiger partial charge is 0.505 e. The fraction of sp³-hybridized carbons (Fsp3) is 0.286. The standard InChI is InChI=1S/C14H15ClFN3O2/c1-7(9-4-5-11(20)10(16)6-9)17-14(21)13-12(15)8(2)18-19(13)3/h4-7,20H,1-3H3,(H,17,21)/t7-/m0/s1. The first kappa shape index (κ1) is 15.3. The zero-order chi connectivity index (χ0) is 15.7. The number of hydrogen-bond acceptors (Lipinski definition) is 3. The summed E-state index contributed by atoms with van der Waals surface area (Å²) in [4.78, 5) is 12.2. The molecule has 5 nitrogen and oxygen atoms in total. The number of halogens is 2. The Bertz CT molecular complexity index is 700. The van der Waals surface area contributed by atoms with Crippen molar-refractivity contribution in [3.05, 3.63) is 46.0 Å². The molecule has 21 heavy (non-hydrogen) atoms. The predicted octanol–water partition coefficient (Wildman–Crippen LogP) is 2.72. The molecule has 2 N–H and O–H groups in total. The van der Waals surface area contributed by atoms with E-state index in [1.54, 1.807) is 27.0 Å². The van der Waals surface area contributed by atoms with E-state index in [4.69, 9.17) is 16.7 Å². The molecule has 2 aromatic rings. The SMILES string of the molecule is Cc1nn(C)c(C(=O)N[C@@H](C)c2ccc(O)c(F)c2)c1Cl. The number of amides is 1. The molecule has 0 aliphatic heterocycles. The highest BCUT2D eigenvalue weighted by Gasteiger charge is 2.20. The highest BCUT2D eigenvalue weighted by Crippen LogP contribution is 2.23. The number of carbonyl (C=O) groups is 1. The molecule has 1 heterocycles. The van der Waals surface area contributed by atoms with Gasteiger partial charge >= 0.3 is 0 Å². The summed E-state index contributed by atoms with van der Waals surface area (Å²) >= 11 is 6.05. The van der Waals surface area contributed by atoms with Crippen molar-refractivity contribution in [1.29, 1.82) is 0 Å². The van der Waals surface area contributed by atoms with Gasteiger partial charge in [0.05, 0.1) is 16.8 Å². The molecule has 1 aromatic carbocycles. The summed E-state index contributed by atoms with van der Waals surface area (Å²) in [5, 5.41) is 16.3. The summed E-state index contributed by atoms with van der Waals surface area (Å²) in [6, 6.07) is 3.52. The zero-order valence-corrected chi connectivity index (χ0v) is 12.6. The van der Waals surface area contributed by atoms with Crippen LogP contribution in [0.4, 0.5) is 4.39 Å². The third kappa shape index (κ3) is 3.00. The lowest BCUT2D eigenvalue weighted by molar-refractivity contribution is 0.0930. The average molecular weight is 312 g/mol. The van der Waals surface area contributed by atoms with Crippen LogP contribution >= 0.6 is 11.6 Å². The number of nitrogens with zero attached hydrogens (tertiary/aromatic N) is 2. The normalized spacial score (nSPS) is 12.2. The first-order valence-corrected chi connectivity index (χ1v) is 6.67. The molecule has 0 fully saturated rings. The molecule has 0 saturated heterocycles. The molecular weight excluding hydrogens is 297 g/mol. The van der Waals surface area contributed by atoms with Gasteiger partial charge in [0.2, 0.25) is 0 Å². The smallest absolute Gasteiger partial charge is 0.271 e. The second-order valence-corrected chi connectivity index (χ2v) is 5.16. The minimum atomic E-state index is -0.733. The third-order valence-electron chi connectivity index (χ3n) is 3.18. The van der Waals surface area contributed by atoms with Crippen LogP contribution in [0, 0.1) is 12.7 Å². The van der Waals surface area contributed by atoms with E-state index in [-0.39, 0.29) is 5.69 Å². The predicted molar refractivity (Wildman–Crippen MR) is 76.9 cm³/mol. The highest BCUT2D eigenvalue weighted by atomic mass is 35.5. The van der Waals surface area contributed by atoms with Crippen LogP contribution in [0.2, 0.25) is 5.02 Å². The van der Waals surface area contributed by atoms with E-state index in [1.807, 2.05) is 0 Å². The first-order valence-electron chi connectivity index (χ1n) is 6.29. The maximum absolute atomic E-state index is 13.3. The van der Waals surface area contributed by atoms with Crippen molar-refractivity contribution in [2.45, 2.75) is 19.9 Å². The number of benzene rings is 1. The molecule has 7 heteroatoms. The van der Waals surface area contributed by atoms with Crippen molar-refractivity contribution in [3.8, 4) is 5.75 Å². The molecule has 1 atom stereocenters. The Morgan fingerprint density at radius 3 is 2.71 bits per heavy atom. The molecule has 0 spiro atoms. The first-order chi connectivity index (χ1) is 9.81. The molecule has 0 bridgehead atoms. The van der Waals surface area contributed by atoms with Crippen molar-refractivity contribution >= 4 is 17.5 Å². The van der Waals surface area contributed by atoms with Gasteiger partial charge in [0.15, 0.2) is 11.6 Å². The maximum atomic E-state index is 13.3. The van der Waals surface area contributed by atoms with Gasteiger partial charge in [-0.1, -0.05) is 17.7 Å². The number of aromatic hydroxyl groups is 1. The number of phenols is 1. The fourth-order valence-corrected chi connectivity index (χ4v) is 2.27. The van der Waals surface area contributed by atoms with E-state index >= 15 is 0 Å². The fourth-order valence-electron chi connectivity index (χ4n) is 2.02. The molecule has 0 aliphatic rings. The van der Waals surface area contributed by atoms with Crippen LogP contribution in [0.1, 0.15) is 34.7 Å². The quantitative estimate of drug-likeness (QED) is 0.916. The molecule has 0 aliphatic carbocycles. The summed E-state index contributed by atoms with van der Waals surface area (Å²) < 4.78 is 14.7. The monoisotopic (exact) mass is 311 g/mol. The summed E-state index contributed by atoms with van der Waals surface area (Å²) in [6.45, 7) is 3.42. The molecule has 0 saturated carbocycles. The van der Waals surface area contributed by atoms with Crippen LogP contribution in [-0.2, 0) is 7.05 Å². The molecular formula is C14H15ClFN3O2. The van der Waals surface area contributed by atoms with Crippen molar-refractivity contribution < 1.29 is 14.3 Å². The Morgan fingerprint density at radius 1 is 1.52 bits per heavy atom. The topological polar surface area (TPSA) is 67.2 Å². The number of rotatable bonds is 3. The number of nitrogens with one attached hydrogen (secondary N) is 1. The Kier molecular flexibility index (Phi) is 4.18. The van der Waals surface area contributed by atoms with E-state index in [2.05, 4.69) is 10.4 Å². The molecule has 112 valence electrons. The van der Waals surface area contributed by atoms with Crippen LogP contribution in [0.5, 0.6) is 5.75 Å². The van der Waals surface area contributed by atoms with Crippen molar-refractivity contribution in [1.82, 2.24) is 15.1 Å². The Balaban J connectivity index is 2.20. The number of phenolic OH excluding ortho intramolecular Hbond substituents is 1. The second kappa shape index (κ2) is 5.73. The van der Waals surface area contributed by atoms with Crippen LogP contribution in [0.15, 0.2) is 18.2 Å².